The van der Waals surface area contributed by atoms with Crippen molar-refractivity contribution in [3.8, 4) is 0 Å². The van der Waals surface area contributed by atoms with Crippen molar-refractivity contribution in [2.45, 2.75) is 66.0 Å². The van der Waals surface area contributed by atoms with Crippen LogP contribution in [0.3, 0.4) is 0 Å². The molecule has 0 aliphatic rings. The van der Waals surface area contributed by atoms with Crippen LogP contribution in [-0.2, 0) is 0 Å². The molecule has 1 atom stereocenters. The Morgan fingerprint density at radius 1 is 1.08 bits per heavy atom. The molecule has 0 aromatic heterocycles. The minimum atomic E-state index is 0.696. The van der Waals surface area contributed by atoms with Gasteiger partial charge in [0, 0.05) is 12.1 Å². The second kappa shape index (κ2) is 6.47. The highest BCUT2D eigenvalue weighted by Gasteiger charge is 2.13. The number of rotatable bonds is 6. The van der Waals surface area contributed by atoms with E-state index >= 15 is 0 Å². The summed E-state index contributed by atoms with van der Waals surface area (Å²) in [6.45, 7) is 12.6. The van der Waals surface area contributed by atoms with Crippen LogP contribution in [0, 0.1) is 0 Å². The zero-order chi connectivity index (χ0) is 9.56. The zero-order valence-corrected chi connectivity index (χ0v) is 9.43. The van der Waals surface area contributed by atoms with Crippen LogP contribution in [0.1, 0.15) is 53.9 Å². The largest absolute Gasteiger partial charge is 0.299 e. The fraction of sp³-hybridized carbons (Fsp3) is 1.00. The van der Waals surface area contributed by atoms with E-state index in [9.17, 15) is 0 Å². The third-order valence-electron chi connectivity index (χ3n) is 2.57. The molecule has 0 aliphatic heterocycles. The van der Waals surface area contributed by atoms with Gasteiger partial charge in [0.25, 0.3) is 0 Å². The lowest BCUT2D eigenvalue weighted by molar-refractivity contribution is 0.163. The molecule has 1 unspecified atom stereocenters. The Morgan fingerprint density at radius 2 is 1.67 bits per heavy atom. The van der Waals surface area contributed by atoms with Gasteiger partial charge >= 0.3 is 0 Å². The molecule has 0 aromatic rings. The summed E-state index contributed by atoms with van der Waals surface area (Å²) in [5.74, 6) is 0. The second-order valence-corrected chi connectivity index (χ2v) is 3.92. The number of unbranched alkanes of at least 4 members (excludes halogenated alkanes) is 1. The molecule has 0 saturated carbocycles. The maximum atomic E-state index is 2.57. The van der Waals surface area contributed by atoms with E-state index in [2.05, 4.69) is 39.5 Å². The summed E-state index contributed by atoms with van der Waals surface area (Å²) >= 11 is 0. The van der Waals surface area contributed by atoms with Crippen molar-refractivity contribution in [3.63, 3.8) is 0 Å². The molecule has 74 valence electrons. The van der Waals surface area contributed by atoms with E-state index in [4.69, 9.17) is 0 Å². The van der Waals surface area contributed by atoms with Gasteiger partial charge in [0.2, 0.25) is 0 Å². The molecule has 0 bridgehead atoms. The van der Waals surface area contributed by atoms with Crippen molar-refractivity contribution in [2.24, 2.45) is 0 Å². The van der Waals surface area contributed by atoms with E-state index in [1.165, 1.54) is 25.8 Å². The first-order valence-electron chi connectivity index (χ1n) is 5.39. The van der Waals surface area contributed by atoms with E-state index in [1.54, 1.807) is 0 Å². The third-order valence-corrected chi connectivity index (χ3v) is 2.57. The lowest BCUT2D eigenvalue weighted by Gasteiger charge is -2.31. The van der Waals surface area contributed by atoms with Gasteiger partial charge in [-0.3, -0.25) is 4.90 Å². The first-order valence-corrected chi connectivity index (χ1v) is 5.39. The first kappa shape index (κ1) is 12.0. The minimum absolute atomic E-state index is 0.696. The van der Waals surface area contributed by atoms with Crippen LogP contribution < -0.4 is 0 Å². The second-order valence-electron chi connectivity index (χ2n) is 3.92. The highest BCUT2D eigenvalue weighted by atomic mass is 15.2. The van der Waals surface area contributed by atoms with Gasteiger partial charge in [0.15, 0.2) is 0 Å². The molecule has 0 spiro atoms. The summed E-state index contributed by atoms with van der Waals surface area (Å²) in [5, 5.41) is 0. The highest BCUT2D eigenvalue weighted by Crippen LogP contribution is 2.10. The summed E-state index contributed by atoms with van der Waals surface area (Å²) in [6.07, 6.45) is 4.03. The van der Waals surface area contributed by atoms with Crippen LogP contribution in [0.5, 0.6) is 0 Å². The molecule has 0 amide bonds. The third kappa shape index (κ3) is 4.10. The molecular formula is C11H25N. The van der Waals surface area contributed by atoms with Crippen molar-refractivity contribution >= 4 is 0 Å². The van der Waals surface area contributed by atoms with Gasteiger partial charge < -0.3 is 0 Å². The van der Waals surface area contributed by atoms with Crippen LogP contribution in [-0.4, -0.2) is 23.5 Å². The molecule has 0 N–H and O–H groups in total. The van der Waals surface area contributed by atoms with Gasteiger partial charge in [0.1, 0.15) is 0 Å². The highest BCUT2D eigenvalue weighted by molar-refractivity contribution is 4.69. The van der Waals surface area contributed by atoms with Gasteiger partial charge in [-0.2, -0.15) is 0 Å². The van der Waals surface area contributed by atoms with Gasteiger partial charge in [-0.1, -0.05) is 26.7 Å². The van der Waals surface area contributed by atoms with Crippen molar-refractivity contribution < 1.29 is 0 Å². The maximum absolute atomic E-state index is 2.57. The Balaban J connectivity index is 3.77. The van der Waals surface area contributed by atoms with Crippen molar-refractivity contribution in [1.29, 1.82) is 0 Å². The number of nitrogens with zero attached hydrogens (tertiary/aromatic N) is 1. The molecule has 12 heavy (non-hydrogen) atoms. The number of hydrogen-bond donors (Lipinski definition) is 0. The summed E-state index contributed by atoms with van der Waals surface area (Å²) in [6, 6.07) is 1.46. The molecule has 0 heterocycles. The monoisotopic (exact) mass is 171 g/mol. The Bertz CT molecular complexity index is 99.2. The predicted molar refractivity (Wildman–Crippen MR) is 56.5 cm³/mol. The first-order chi connectivity index (χ1) is 5.63. The maximum Gasteiger partial charge on any atom is 0.00695 e. The molecular weight excluding hydrogens is 146 g/mol. The summed E-state index contributed by atoms with van der Waals surface area (Å²) in [7, 11) is 0. The molecule has 0 saturated heterocycles. The molecule has 0 rings (SSSR count). The molecule has 0 fully saturated rings. The fourth-order valence-electron chi connectivity index (χ4n) is 1.85. The van der Waals surface area contributed by atoms with E-state index in [1.807, 2.05) is 0 Å². The standard InChI is InChI=1S/C11H25N/c1-6-8-9-11(5)12(7-2)10(3)4/h10-11H,6-9H2,1-5H3. The van der Waals surface area contributed by atoms with Gasteiger partial charge in [-0.15, -0.1) is 0 Å². The summed E-state index contributed by atoms with van der Waals surface area (Å²) < 4.78 is 0. The Morgan fingerprint density at radius 3 is 2.00 bits per heavy atom. The summed E-state index contributed by atoms with van der Waals surface area (Å²) in [4.78, 5) is 2.57. The smallest absolute Gasteiger partial charge is 0.00695 e. The van der Waals surface area contributed by atoms with E-state index in [0.717, 1.165) is 6.04 Å². The Labute approximate surface area is 78.1 Å². The molecule has 1 nitrogen and oxygen atoms in total. The van der Waals surface area contributed by atoms with Crippen LogP contribution in [0.15, 0.2) is 0 Å². The van der Waals surface area contributed by atoms with Crippen LogP contribution in [0.4, 0.5) is 0 Å². The average Bonchev–Trinajstić information content (AvgIpc) is 2.01. The normalized spacial score (nSPS) is 14.2. The van der Waals surface area contributed by atoms with Gasteiger partial charge in [0.05, 0.1) is 0 Å². The van der Waals surface area contributed by atoms with E-state index < -0.39 is 0 Å². The van der Waals surface area contributed by atoms with Crippen molar-refractivity contribution in [2.75, 3.05) is 6.54 Å². The van der Waals surface area contributed by atoms with Crippen molar-refractivity contribution in [1.82, 2.24) is 4.90 Å². The van der Waals surface area contributed by atoms with Crippen molar-refractivity contribution in [3.05, 3.63) is 0 Å². The molecule has 0 aliphatic carbocycles. The van der Waals surface area contributed by atoms with Gasteiger partial charge in [-0.05, 0) is 33.7 Å². The zero-order valence-electron chi connectivity index (χ0n) is 9.43. The average molecular weight is 171 g/mol. The summed E-state index contributed by atoms with van der Waals surface area (Å²) in [5.41, 5.74) is 0. The lowest BCUT2D eigenvalue weighted by atomic mass is 10.1. The van der Waals surface area contributed by atoms with Crippen LogP contribution in [0.25, 0.3) is 0 Å². The quantitative estimate of drug-likeness (QED) is 0.592. The molecule has 0 radical (unpaired) electrons. The van der Waals surface area contributed by atoms with E-state index in [0.29, 0.717) is 6.04 Å². The lowest BCUT2D eigenvalue weighted by Crippen LogP contribution is -2.38. The minimum Gasteiger partial charge on any atom is -0.299 e. The number of hydrogen-bond acceptors (Lipinski definition) is 1. The predicted octanol–water partition coefficient (Wildman–Crippen LogP) is 3.30. The molecule has 0 aromatic carbocycles. The van der Waals surface area contributed by atoms with Gasteiger partial charge in [-0.25, -0.2) is 0 Å². The molecule has 1 heteroatoms. The SMILES string of the molecule is CCCCC(C)N(CC)C(C)C. The Hall–Kier alpha value is -0.0400. The van der Waals surface area contributed by atoms with Crippen LogP contribution >= 0.6 is 0 Å². The fourth-order valence-corrected chi connectivity index (χ4v) is 1.85. The van der Waals surface area contributed by atoms with Crippen LogP contribution in [0.2, 0.25) is 0 Å². The topological polar surface area (TPSA) is 3.24 Å². The van der Waals surface area contributed by atoms with E-state index in [-0.39, 0.29) is 0 Å². The Kier molecular flexibility index (Phi) is 6.45.